The van der Waals surface area contributed by atoms with Crippen molar-refractivity contribution < 1.29 is 8.78 Å². The van der Waals surface area contributed by atoms with Crippen molar-refractivity contribution in [3.05, 3.63) is 29.8 Å². The van der Waals surface area contributed by atoms with Gasteiger partial charge < -0.3 is 5.32 Å². The molecule has 2 rings (SSSR count). The van der Waals surface area contributed by atoms with Gasteiger partial charge in [-0.25, -0.2) is 8.78 Å². The average Bonchev–Trinajstić information content (AvgIpc) is 2.36. The maximum atomic E-state index is 13.5. The zero-order valence-electron chi connectivity index (χ0n) is 10.1. The summed E-state index contributed by atoms with van der Waals surface area (Å²) >= 11 is 0. The molecule has 1 aromatic rings. The van der Waals surface area contributed by atoms with Gasteiger partial charge in [-0.15, -0.1) is 6.42 Å². The Hall–Kier alpha value is -1.60. The van der Waals surface area contributed by atoms with E-state index in [1.807, 2.05) is 0 Å². The molecule has 0 radical (unpaired) electrons. The molecule has 2 nitrogen and oxygen atoms in total. The molecular weight excluding hydrogens is 234 g/mol. The Labute approximate surface area is 106 Å². The van der Waals surface area contributed by atoms with Crippen LogP contribution in [0.25, 0.3) is 0 Å². The largest absolute Gasteiger partial charge is 0.377 e. The normalized spacial score (nSPS) is 17.4. The van der Waals surface area contributed by atoms with Crippen LogP contribution in [0, 0.1) is 24.0 Å². The van der Waals surface area contributed by atoms with Crippen molar-refractivity contribution in [3.8, 4) is 12.3 Å². The number of piperidine rings is 1. The molecule has 0 bridgehead atoms. The minimum Gasteiger partial charge on any atom is -0.377 e. The summed E-state index contributed by atoms with van der Waals surface area (Å²) in [5.41, 5.74) is -0.0205. The van der Waals surface area contributed by atoms with Gasteiger partial charge in [-0.3, -0.25) is 4.90 Å². The molecule has 0 spiro atoms. The number of terminal acetylenes is 1. The third-order valence-electron chi connectivity index (χ3n) is 3.21. The van der Waals surface area contributed by atoms with Crippen LogP contribution >= 0.6 is 0 Å². The van der Waals surface area contributed by atoms with Crippen LogP contribution in [0.5, 0.6) is 0 Å². The van der Waals surface area contributed by atoms with Crippen LogP contribution < -0.4 is 5.32 Å². The lowest BCUT2D eigenvalue weighted by molar-refractivity contribution is 0.243. The van der Waals surface area contributed by atoms with Crippen molar-refractivity contribution >= 4 is 5.69 Å². The first-order chi connectivity index (χ1) is 8.70. The Morgan fingerprint density at radius 1 is 1.28 bits per heavy atom. The molecule has 1 fully saturated rings. The SMILES string of the molecule is C#CCN1CCC(Nc2c(F)cccc2F)CC1. The molecule has 4 heteroatoms. The lowest BCUT2D eigenvalue weighted by Gasteiger charge is -2.31. The van der Waals surface area contributed by atoms with E-state index in [4.69, 9.17) is 6.42 Å². The summed E-state index contributed by atoms with van der Waals surface area (Å²) in [6, 6.07) is 3.99. The molecule has 18 heavy (non-hydrogen) atoms. The lowest BCUT2D eigenvalue weighted by Crippen LogP contribution is -2.39. The summed E-state index contributed by atoms with van der Waals surface area (Å²) in [4.78, 5) is 2.16. The Morgan fingerprint density at radius 2 is 1.89 bits per heavy atom. The first-order valence-corrected chi connectivity index (χ1v) is 6.07. The Kier molecular flexibility index (Phi) is 4.16. The van der Waals surface area contributed by atoms with Crippen molar-refractivity contribution in [2.24, 2.45) is 0 Å². The molecule has 1 saturated heterocycles. The topological polar surface area (TPSA) is 15.3 Å². The Morgan fingerprint density at radius 3 is 2.44 bits per heavy atom. The van der Waals surface area contributed by atoms with Gasteiger partial charge >= 0.3 is 0 Å². The number of hydrogen-bond donors (Lipinski definition) is 1. The highest BCUT2D eigenvalue weighted by Crippen LogP contribution is 2.22. The Balaban J connectivity index is 1.94. The van der Waals surface area contributed by atoms with Crippen LogP contribution in [0.2, 0.25) is 0 Å². The summed E-state index contributed by atoms with van der Waals surface area (Å²) in [7, 11) is 0. The van der Waals surface area contributed by atoms with Crippen LogP contribution in [-0.4, -0.2) is 30.6 Å². The molecule has 1 aliphatic heterocycles. The van der Waals surface area contributed by atoms with Crippen molar-refractivity contribution in [2.75, 3.05) is 25.0 Å². The smallest absolute Gasteiger partial charge is 0.149 e. The predicted molar refractivity (Wildman–Crippen MR) is 68.3 cm³/mol. The number of nitrogens with zero attached hydrogens (tertiary/aromatic N) is 1. The molecule has 0 atom stereocenters. The van der Waals surface area contributed by atoms with E-state index in [0.29, 0.717) is 6.54 Å². The third kappa shape index (κ3) is 2.99. The number of nitrogens with one attached hydrogen (secondary N) is 1. The van der Waals surface area contributed by atoms with E-state index in [1.54, 1.807) is 0 Å². The zero-order chi connectivity index (χ0) is 13.0. The van der Waals surface area contributed by atoms with E-state index in [9.17, 15) is 8.78 Å². The van der Waals surface area contributed by atoms with E-state index in [0.717, 1.165) is 25.9 Å². The van der Waals surface area contributed by atoms with Crippen molar-refractivity contribution in [1.29, 1.82) is 0 Å². The van der Waals surface area contributed by atoms with Crippen molar-refractivity contribution in [2.45, 2.75) is 18.9 Å². The Bertz CT molecular complexity index is 425. The number of anilines is 1. The van der Waals surface area contributed by atoms with Gasteiger partial charge in [-0.1, -0.05) is 12.0 Å². The second-order valence-corrected chi connectivity index (χ2v) is 4.50. The minimum atomic E-state index is -0.541. The van der Waals surface area contributed by atoms with Crippen LogP contribution in [0.4, 0.5) is 14.5 Å². The van der Waals surface area contributed by atoms with Crippen LogP contribution in [0.15, 0.2) is 18.2 Å². The van der Waals surface area contributed by atoms with Gasteiger partial charge in [0.15, 0.2) is 0 Å². The maximum absolute atomic E-state index is 13.5. The monoisotopic (exact) mass is 250 g/mol. The number of likely N-dealkylation sites (tertiary alicyclic amines) is 1. The zero-order valence-corrected chi connectivity index (χ0v) is 10.1. The number of halogens is 2. The van der Waals surface area contributed by atoms with Gasteiger partial charge in [-0.2, -0.15) is 0 Å². The molecule has 0 saturated carbocycles. The van der Waals surface area contributed by atoms with Crippen LogP contribution in [0.3, 0.4) is 0 Å². The fourth-order valence-corrected chi connectivity index (χ4v) is 2.20. The van der Waals surface area contributed by atoms with Crippen molar-refractivity contribution in [1.82, 2.24) is 4.90 Å². The number of rotatable bonds is 3. The van der Waals surface area contributed by atoms with Crippen LogP contribution in [0.1, 0.15) is 12.8 Å². The summed E-state index contributed by atoms with van der Waals surface area (Å²) in [5, 5.41) is 2.95. The molecule has 1 aliphatic rings. The van der Waals surface area contributed by atoms with Crippen LogP contribution in [-0.2, 0) is 0 Å². The van der Waals surface area contributed by atoms with E-state index >= 15 is 0 Å². The van der Waals surface area contributed by atoms with Gasteiger partial charge in [0.1, 0.15) is 17.3 Å². The maximum Gasteiger partial charge on any atom is 0.149 e. The highest BCUT2D eigenvalue weighted by molar-refractivity contribution is 5.46. The standard InChI is InChI=1S/C14H16F2N2/c1-2-8-18-9-6-11(7-10-18)17-14-12(15)4-3-5-13(14)16/h1,3-5,11,17H,6-10H2. The van der Waals surface area contributed by atoms with E-state index in [-0.39, 0.29) is 11.7 Å². The third-order valence-corrected chi connectivity index (χ3v) is 3.21. The molecule has 1 heterocycles. The first kappa shape index (κ1) is 12.8. The fraction of sp³-hybridized carbons (Fsp3) is 0.429. The van der Waals surface area contributed by atoms with E-state index < -0.39 is 11.6 Å². The molecule has 1 N–H and O–H groups in total. The fourth-order valence-electron chi connectivity index (χ4n) is 2.20. The van der Waals surface area contributed by atoms with Crippen molar-refractivity contribution in [3.63, 3.8) is 0 Å². The quantitative estimate of drug-likeness (QED) is 0.829. The molecule has 0 unspecified atom stereocenters. The van der Waals surface area contributed by atoms with Gasteiger partial charge in [0.2, 0.25) is 0 Å². The second kappa shape index (κ2) is 5.83. The van der Waals surface area contributed by atoms with Gasteiger partial charge in [-0.05, 0) is 25.0 Å². The summed E-state index contributed by atoms with van der Waals surface area (Å²) < 4.78 is 26.9. The molecular formula is C14H16F2N2. The first-order valence-electron chi connectivity index (χ1n) is 6.07. The lowest BCUT2D eigenvalue weighted by atomic mass is 10.0. The molecule has 1 aromatic carbocycles. The summed E-state index contributed by atoms with van der Waals surface area (Å²) in [6.07, 6.45) is 6.94. The molecule has 96 valence electrons. The predicted octanol–water partition coefficient (Wildman–Crippen LogP) is 2.47. The number of para-hydroxylation sites is 1. The van der Waals surface area contributed by atoms with E-state index in [1.165, 1.54) is 18.2 Å². The number of hydrogen-bond acceptors (Lipinski definition) is 2. The number of benzene rings is 1. The molecule has 0 amide bonds. The second-order valence-electron chi connectivity index (χ2n) is 4.50. The highest BCUT2D eigenvalue weighted by Gasteiger charge is 2.20. The minimum absolute atomic E-state index is 0.0205. The average molecular weight is 250 g/mol. The van der Waals surface area contributed by atoms with Gasteiger partial charge in [0, 0.05) is 19.1 Å². The summed E-state index contributed by atoms with van der Waals surface area (Å²) in [6.45, 7) is 2.36. The van der Waals surface area contributed by atoms with E-state index in [2.05, 4.69) is 16.1 Å². The highest BCUT2D eigenvalue weighted by atomic mass is 19.1. The summed E-state index contributed by atoms with van der Waals surface area (Å²) in [5.74, 6) is 1.52. The molecule has 0 aromatic heterocycles. The van der Waals surface area contributed by atoms with Gasteiger partial charge in [0.05, 0.1) is 6.54 Å². The molecule has 0 aliphatic carbocycles. The van der Waals surface area contributed by atoms with Gasteiger partial charge in [0.25, 0.3) is 0 Å².